The van der Waals surface area contributed by atoms with Gasteiger partial charge >= 0.3 is 0 Å². The second kappa shape index (κ2) is 19.1. The number of nitrogens with zero attached hydrogens (tertiary/aromatic N) is 2. The zero-order valence-electron chi connectivity index (χ0n) is 22.2. The lowest BCUT2D eigenvalue weighted by atomic mass is 9.89. The molecule has 5 N–H and O–H groups in total. The summed E-state index contributed by atoms with van der Waals surface area (Å²) in [4.78, 5) is 24.5. The second-order valence-electron chi connectivity index (χ2n) is 9.58. The zero-order chi connectivity index (χ0) is 26.8. The van der Waals surface area contributed by atoms with Gasteiger partial charge in [0, 0.05) is 6.07 Å². The van der Waals surface area contributed by atoms with E-state index in [1.807, 2.05) is 0 Å². The van der Waals surface area contributed by atoms with Crippen molar-refractivity contribution in [3.05, 3.63) is 22.7 Å². The first-order valence-corrected chi connectivity index (χ1v) is 13.7. The number of unbranched alkanes of at least 4 members (excludes halogenated alkanes) is 3. The molecular weight excluding hydrogens is 480 g/mol. The minimum atomic E-state index is -0.598. The number of ether oxygens (including phenoxy) is 1. The van der Waals surface area contributed by atoms with E-state index in [1.165, 1.54) is 123 Å². The van der Waals surface area contributed by atoms with Crippen LogP contribution in [0, 0.1) is 5.92 Å². The summed E-state index contributed by atoms with van der Waals surface area (Å²) >= 11 is 5.70. The average Bonchev–Trinajstić information content (AvgIpc) is 2.91. The Morgan fingerprint density at radius 3 is 2.08 bits per heavy atom. The maximum absolute atomic E-state index is 10.9. The fourth-order valence-corrected chi connectivity index (χ4v) is 4.90. The van der Waals surface area contributed by atoms with Gasteiger partial charge in [0.05, 0.1) is 23.4 Å². The van der Waals surface area contributed by atoms with Crippen LogP contribution in [0.4, 0.5) is 5.69 Å². The fourth-order valence-electron chi connectivity index (χ4n) is 4.74. The quantitative estimate of drug-likeness (QED) is 0.263. The molecule has 4 heterocycles. The smallest absolute Gasteiger partial charge is 0.290 e. The van der Waals surface area contributed by atoms with Gasteiger partial charge in [-0.3, -0.25) is 9.59 Å². The minimum Gasteiger partial charge on any atom is -0.496 e. The van der Waals surface area contributed by atoms with E-state index in [-0.39, 0.29) is 17.1 Å². The van der Waals surface area contributed by atoms with Gasteiger partial charge in [0.25, 0.3) is 12.4 Å². The number of amides is 1. The van der Waals surface area contributed by atoms with Crippen LogP contribution in [0.15, 0.2) is 12.1 Å². The van der Waals surface area contributed by atoms with Gasteiger partial charge in [-0.1, -0.05) is 44.2 Å². The standard InChI is InChI=1S/C11H23N.C8H9ClN2O2.C7H13N.CH2O2/c1-2-3-4-6-9-12-10-7-5-8-11-12;1-13-7-3-6(10)5(9)2-4(7)8(11)12;1-4-8-5-2-7(1)3-6-8;2-1-3/h2-11H2,1H3;2-3H,10H2,1H3,(H2,11,12);7H,1-6H2;1H,(H,2,3). The van der Waals surface area contributed by atoms with Crippen LogP contribution in [-0.4, -0.2) is 73.7 Å². The molecule has 206 valence electrons. The number of primary amides is 1. The van der Waals surface area contributed by atoms with E-state index in [2.05, 4.69) is 16.7 Å². The number of benzene rings is 1. The number of halogens is 1. The Kier molecular flexibility index (Phi) is 17.0. The number of hydrogen-bond donors (Lipinski definition) is 3. The third-order valence-electron chi connectivity index (χ3n) is 6.92. The van der Waals surface area contributed by atoms with Crippen LogP contribution in [0.25, 0.3) is 0 Å². The molecule has 0 radical (unpaired) electrons. The highest BCUT2D eigenvalue weighted by molar-refractivity contribution is 6.33. The molecule has 5 rings (SSSR count). The average molecular weight is 527 g/mol. The Bertz CT molecular complexity index is 729. The predicted molar refractivity (Wildman–Crippen MR) is 148 cm³/mol. The van der Waals surface area contributed by atoms with Gasteiger partial charge in [-0.05, 0) is 89.8 Å². The second-order valence-corrected chi connectivity index (χ2v) is 9.99. The van der Waals surface area contributed by atoms with Gasteiger partial charge in [-0.15, -0.1) is 0 Å². The Hall–Kier alpha value is -2.03. The number of anilines is 1. The van der Waals surface area contributed by atoms with Crippen LogP contribution in [-0.2, 0) is 4.79 Å². The SMILES string of the molecule is C1CN2CCC1CC2.CCCCCCN1CCCCC1.COc1cc(N)c(Cl)cc1C(N)=O.O=CO. The summed E-state index contributed by atoms with van der Waals surface area (Å²) in [7, 11) is 1.43. The number of carbonyl (C=O) groups is 2. The molecule has 1 aromatic rings. The number of rotatable bonds is 7. The molecule has 0 aliphatic carbocycles. The third kappa shape index (κ3) is 12.8. The van der Waals surface area contributed by atoms with E-state index in [0.717, 1.165) is 5.92 Å². The third-order valence-corrected chi connectivity index (χ3v) is 7.25. The molecule has 0 aromatic heterocycles. The number of likely N-dealkylation sites (tertiary alicyclic amines) is 1. The first-order chi connectivity index (χ1) is 17.4. The molecule has 9 heteroatoms. The molecule has 0 saturated carbocycles. The Morgan fingerprint density at radius 2 is 1.67 bits per heavy atom. The fraction of sp³-hybridized carbons (Fsp3) is 0.704. The largest absolute Gasteiger partial charge is 0.496 e. The first kappa shape index (κ1) is 32.0. The highest BCUT2D eigenvalue weighted by Gasteiger charge is 2.24. The maximum Gasteiger partial charge on any atom is 0.290 e. The van der Waals surface area contributed by atoms with Crippen LogP contribution in [0.1, 0.15) is 81.5 Å². The molecule has 1 amide bonds. The number of hydrogen-bond acceptors (Lipinski definition) is 6. The number of carboxylic acid groups (broad SMARTS) is 1. The van der Waals surface area contributed by atoms with Crippen molar-refractivity contribution in [2.24, 2.45) is 11.7 Å². The Morgan fingerprint density at radius 1 is 1.08 bits per heavy atom. The molecule has 4 aliphatic rings. The Labute approximate surface area is 222 Å². The summed E-state index contributed by atoms with van der Waals surface area (Å²) in [5, 5.41) is 7.18. The van der Waals surface area contributed by atoms with Crippen molar-refractivity contribution in [2.75, 3.05) is 52.1 Å². The van der Waals surface area contributed by atoms with Gasteiger partial charge in [0.2, 0.25) is 0 Å². The maximum atomic E-state index is 10.9. The summed E-state index contributed by atoms with van der Waals surface area (Å²) in [6, 6.07) is 2.85. The van der Waals surface area contributed by atoms with Crippen molar-refractivity contribution in [1.82, 2.24) is 9.80 Å². The van der Waals surface area contributed by atoms with Gasteiger partial charge in [-0.2, -0.15) is 0 Å². The van der Waals surface area contributed by atoms with Crippen molar-refractivity contribution in [2.45, 2.75) is 71.1 Å². The number of methoxy groups -OCH3 is 1. The highest BCUT2D eigenvalue weighted by Crippen LogP contribution is 2.28. The van der Waals surface area contributed by atoms with E-state index >= 15 is 0 Å². The predicted octanol–water partition coefficient (Wildman–Crippen LogP) is 4.89. The highest BCUT2D eigenvalue weighted by atomic mass is 35.5. The van der Waals surface area contributed by atoms with Crippen molar-refractivity contribution in [3.63, 3.8) is 0 Å². The number of nitrogen functional groups attached to an aromatic ring is 1. The van der Waals surface area contributed by atoms with Crippen LogP contribution in [0.5, 0.6) is 5.75 Å². The molecule has 2 bridgehead atoms. The lowest BCUT2D eigenvalue weighted by molar-refractivity contribution is -0.122. The van der Waals surface area contributed by atoms with Crippen LogP contribution in [0.3, 0.4) is 0 Å². The van der Waals surface area contributed by atoms with E-state index in [9.17, 15) is 4.79 Å². The number of nitrogens with two attached hydrogens (primary N) is 2. The Balaban J connectivity index is 0.000000261. The summed E-state index contributed by atoms with van der Waals surface area (Å²) in [6.07, 6.45) is 14.4. The van der Waals surface area contributed by atoms with Crippen molar-refractivity contribution in [3.8, 4) is 5.75 Å². The summed E-state index contributed by atoms with van der Waals surface area (Å²) in [5.74, 6) is 0.841. The lowest BCUT2D eigenvalue weighted by Crippen LogP contribution is -2.41. The monoisotopic (exact) mass is 526 g/mol. The number of carbonyl (C=O) groups excluding carboxylic acids is 1. The molecule has 0 atom stereocenters. The summed E-state index contributed by atoms with van der Waals surface area (Å²) < 4.78 is 4.90. The molecule has 36 heavy (non-hydrogen) atoms. The molecule has 0 unspecified atom stereocenters. The van der Waals surface area contributed by atoms with E-state index in [0.29, 0.717) is 11.4 Å². The molecular formula is C27H47ClN4O4. The lowest BCUT2D eigenvalue weighted by Gasteiger charge is -2.38. The van der Waals surface area contributed by atoms with Crippen molar-refractivity contribution < 1.29 is 19.4 Å². The molecule has 4 aliphatic heterocycles. The molecule has 0 spiro atoms. The van der Waals surface area contributed by atoms with E-state index in [1.54, 1.807) is 0 Å². The van der Waals surface area contributed by atoms with Gasteiger partial charge in [0.15, 0.2) is 0 Å². The van der Waals surface area contributed by atoms with Gasteiger partial charge < -0.3 is 31.1 Å². The van der Waals surface area contributed by atoms with Crippen LogP contribution in [0.2, 0.25) is 5.02 Å². The van der Waals surface area contributed by atoms with Crippen LogP contribution >= 0.6 is 11.6 Å². The van der Waals surface area contributed by atoms with E-state index in [4.69, 9.17) is 37.7 Å². The molecule has 8 nitrogen and oxygen atoms in total. The number of piperidine rings is 4. The summed E-state index contributed by atoms with van der Waals surface area (Å²) in [5.41, 5.74) is 11.2. The van der Waals surface area contributed by atoms with Gasteiger partial charge in [0.1, 0.15) is 5.75 Å². The number of fused-ring (bicyclic) bond motifs is 3. The topological polar surface area (TPSA) is 122 Å². The van der Waals surface area contributed by atoms with E-state index < -0.39 is 5.91 Å². The van der Waals surface area contributed by atoms with Crippen LogP contribution < -0.4 is 16.2 Å². The molecule has 1 aromatic carbocycles. The van der Waals surface area contributed by atoms with Gasteiger partial charge in [-0.25, -0.2) is 0 Å². The first-order valence-electron chi connectivity index (χ1n) is 13.3. The van der Waals surface area contributed by atoms with Crippen molar-refractivity contribution in [1.29, 1.82) is 0 Å². The molecule has 4 saturated heterocycles. The zero-order valence-corrected chi connectivity index (χ0v) is 23.0. The normalized spacial score (nSPS) is 20.4. The molecule has 4 fully saturated rings. The summed E-state index contributed by atoms with van der Waals surface area (Å²) in [6.45, 7) is 10.3. The van der Waals surface area contributed by atoms with Crippen molar-refractivity contribution >= 4 is 29.7 Å². The minimum absolute atomic E-state index is 0.224.